The lowest BCUT2D eigenvalue weighted by atomic mass is 10.0. The minimum absolute atomic E-state index is 0.0363. The zero-order chi connectivity index (χ0) is 67.0. The van der Waals surface area contributed by atoms with Gasteiger partial charge in [0.05, 0.1) is 33.8 Å². The SMILES string of the molecule is CC/C=C\C/C=C\C/C=C\C/C=C\C/C=C\CCCCCCCCCCCCCC(=O)NC(COP(=O)(O)OCC[N+](C)(C)C)C(/C=C/CCCCCCCCCCCC)OC(=O)CCCCCCCCCCCCCCCC/C=C\C/C=C\C/C=C\CCCCC. The van der Waals surface area contributed by atoms with Gasteiger partial charge in [-0.1, -0.05) is 330 Å². The molecule has 0 fully saturated rings. The van der Waals surface area contributed by atoms with Gasteiger partial charge in [0, 0.05) is 12.8 Å². The van der Waals surface area contributed by atoms with E-state index in [9.17, 15) is 19.0 Å². The van der Waals surface area contributed by atoms with Crippen molar-refractivity contribution >= 4 is 19.7 Å². The smallest absolute Gasteiger partial charge is 0.456 e. The summed E-state index contributed by atoms with van der Waals surface area (Å²) < 4.78 is 30.9. The van der Waals surface area contributed by atoms with E-state index in [-0.39, 0.29) is 31.5 Å². The lowest BCUT2D eigenvalue weighted by Gasteiger charge is -2.27. The molecular weight excluding hydrogens is 1160 g/mol. The largest absolute Gasteiger partial charge is 0.472 e. The maximum atomic E-state index is 13.7. The van der Waals surface area contributed by atoms with Gasteiger partial charge >= 0.3 is 13.8 Å². The average Bonchev–Trinajstić information content (AvgIpc) is 3.69. The lowest BCUT2D eigenvalue weighted by molar-refractivity contribution is -0.870. The number of nitrogens with one attached hydrogen (secondary N) is 1. The van der Waals surface area contributed by atoms with E-state index in [1.54, 1.807) is 0 Å². The molecule has 2 N–H and O–H groups in total. The minimum Gasteiger partial charge on any atom is -0.456 e. The molecule has 0 bridgehead atoms. The van der Waals surface area contributed by atoms with Crippen molar-refractivity contribution in [3.63, 3.8) is 0 Å². The summed E-state index contributed by atoms with van der Waals surface area (Å²) in [5.41, 5.74) is 0. The number of carbonyl (C=O) groups is 2. The molecule has 0 radical (unpaired) electrons. The van der Waals surface area contributed by atoms with Crippen LogP contribution in [0.2, 0.25) is 0 Å². The van der Waals surface area contributed by atoms with Gasteiger partial charge < -0.3 is 19.4 Å². The van der Waals surface area contributed by atoms with E-state index in [4.69, 9.17) is 13.8 Å². The first kappa shape index (κ1) is 88.7. The predicted octanol–water partition coefficient (Wildman–Crippen LogP) is 25.2. The van der Waals surface area contributed by atoms with Crippen molar-refractivity contribution < 1.29 is 37.3 Å². The molecule has 0 saturated heterocycles. The van der Waals surface area contributed by atoms with E-state index in [1.807, 2.05) is 33.3 Å². The van der Waals surface area contributed by atoms with E-state index in [1.165, 1.54) is 212 Å². The highest BCUT2D eigenvalue weighted by Crippen LogP contribution is 2.43. The molecule has 0 aliphatic carbocycles. The Bertz CT molecular complexity index is 1940. The number of ether oxygens (including phenoxy) is 1. The van der Waals surface area contributed by atoms with Crippen molar-refractivity contribution in [1.82, 2.24) is 5.32 Å². The number of nitrogens with zero attached hydrogens (tertiary/aromatic N) is 1. The molecule has 0 aromatic carbocycles. The van der Waals surface area contributed by atoms with E-state index < -0.39 is 20.0 Å². The van der Waals surface area contributed by atoms with E-state index >= 15 is 0 Å². The van der Waals surface area contributed by atoms with Crippen LogP contribution in [0.4, 0.5) is 0 Å². The lowest BCUT2D eigenvalue weighted by Crippen LogP contribution is -2.47. The van der Waals surface area contributed by atoms with Crippen LogP contribution >= 0.6 is 7.82 Å². The summed E-state index contributed by atoms with van der Waals surface area (Å²) in [4.78, 5) is 38.0. The molecule has 0 heterocycles. The number of hydrogen-bond acceptors (Lipinski definition) is 6. The molecule has 3 unspecified atom stereocenters. The molecule has 0 aliphatic rings. The van der Waals surface area contributed by atoms with Crippen LogP contribution in [0.1, 0.15) is 348 Å². The number of allylic oxidation sites excluding steroid dienone is 17. The summed E-state index contributed by atoms with van der Waals surface area (Å²) in [6.07, 6.45) is 98.3. The van der Waals surface area contributed by atoms with Crippen molar-refractivity contribution in [2.45, 2.75) is 360 Å². The monoisotopic (exact) mass is 1300 g/mol. The number of quaternary nitrogens is 1. The van der Waals surface area contributed by atoms with E-state index in [0.717, 1.165) is 103 Å². The van der Waals surface area contributed by atoms with Crippen LogP contribution in [0.25, 0.3) is 0 Å². The van der Waals surface area contributed by atoms with Crippen molar-refractivity contribution in [1.29, 1.82) is 0 Å². The van der Waals surface area contributed by atoms with Crippen LogP contribution in [-0.4, -0.2) is 74.3 Å². The van der Waals surface area contributed by atoms with Gasteiger partial charge in [0.15, 0.2) is 0 Å². The van der Waals surface area contributed by atoms with Gasteiger partial charge in [-0.25, -0.2) is 4.57 Å². The fourth-order valence-electron chi connectivity index (χ4n) is 11.0. The van der Waals surface area contributed by atoms with Crippen molar-refractivity contribution in [3.05, 3.63) is 109 Å². The first-order valence-electron chi connectivity index (χ1n) is 38.7. The fraction of sp³-hybridized carbons (Fsp3) is 0.756. The third kappa shape index (κ3) is 71.0. The molecule has 10 heteroatoms. The third-order valence-electron chi connectivity index (χ3n) is 16.9. The molecule has 0 aliphatic heterocycles. The molecule has 1 amide bonds. The molecule has 3 atom stereocenters. The first-order chi connectivity index (χ1) is 44.9. The van der Waals surface area contributed by atoms with Crippen LogP contribution < -0.4 is 5.32 Å². The van der Waals surface area contributed by atoms with Gasteiger partial charge in [0.2, 0.25) is 5.91 Å². The van der Waals surface area contributed by atoms with E-state index in [2.05, 4.69) is 123 Å². The second kappa shape index (κ2) is 70.5. The number of rotatable bonds is 70. The summed E-state index contributed by atoms with van der Waals surface area (Å²) in [5.74, 6) is -0.502. The minimum atomic E-state index is -4.46. The maximum absolute atomic E-state index is 13.7. The summed E-state index contributed by atoms with van der Waals surface area (Å²) in [6, 6.07) is -0.857. The highest BCUT2D eigenvalue weighted by Gasteiger charge is 2.30. The average molecular weight is 1310 g/mol. The predicted molar refractivity (Wildman–Crippen MR) is 401 cm³/mol. The number of phosphoric acid groups is 1. The van der Waals surface area contributed by atoms with Gasteiger partial charge in [-0.2, -0.15) is 0 Å². The summed E-state index contributed by atoms with van der Waals surface area (Å²) >= 11 is 0. The number of unbranched alkanes of at least 4 members (excludes halogenated alkanes) is 38. The van der Waals surface area contributed by atoms with Gasteiger partial charge in [-0.05, 0) is 115 Å². The van der Waals surface area contributed by atoms with Crippen molar-refractivity contribution in [2.75, 3.05) is 40.9 Å². The number of hydrogen-bond donors (Lipinski definition) is 2. The van der Waals surface area contributed by atoms with Crippen LogP contribution in [0.3, 0.4) is 0 Å². The third-order valence-corrected chi connectivity index (χ3v) is 17.9. The number of amides is 1. The Kier molecular flexibility index (Phi) is 67.9. The summed E-state index contributed by atoms with van der Waals surface area (Å²) in [6.45, 7) is 6.90. The highest BCUT2D eigenvalue weighted by atomic mass is 31.2. The molecule has 0 aromatic heterocycles. The summed E-state index contributed by atoms with van der Waals surface area (Å²) in [5, 5.41) is 3.08. The molecule has 9 nitrogen and oxygen atoms in total. The van der Waals surface area contributed by atoms with Gasteiger partial charge in [0.1, 0.15) is 19.3 Å². The van der Waals surface area contributed by atoms with Gasteiger partial charge in [-0.15, -0.1) is 0 Å². The Hall–Kier alpha value is -3.33. The quantitative estimate of drug-likeness (QED) is 0.0205. The van der Waals surface area contributed by atoms with Gasteiger partial charge in [0.25, 0.3) is 0 Å². The van der Waals surface area contributed by atoms with Crippen LogP contribution in [-0.2, 0) is 27.9 Å². The topological polar surface area (TPSA) is 111 Å². The van der Waals surface area contributed by atoms with E-state index in [0.29, 0.717) is 17.4 Å². The number of carbonyl (C=O) groups excluding carboxylic acids is 2. The fourth-order valence-corrected chi connectivity index (χ4v) is 11.8. The number of phosphoric ester groups is 1. The Balaban J connectivity index is 4.96. The molecule has 0 rings (SSSR count). The van der Waals surface area contributed by atoms with Gasteiger partial charge in [-0.3, -0.25) is 18.6 Å². The maximum Gasteiger partial charge on any atom is 0.472 e. The standard InChI is InChI=1S/C82H147N2O7P/c1-7-10-13-16-19-22-25-28-30-32-34-36-38-40-42-44-46-48-50-52-54-56-59-62-65-68-71-74-81(85)83-79(78-90-92(87,88)89-77-76-84(4,5)6)80(73-70-67-64-61-58-27-24-21-18-15-12-9-3)91-82(86)75-72-69-66-63-60-57-55-53-51-49-47-45-43-41-39-37-35-33-31-29-26-23-20-17-14-11-8-2/h10,13,19-20,22-23,28-31,34-37,40,42,70,73,79-80H,7-9,11-12,14-18,21,24-27,32-33,38-39,41,43-69,71-72,74-78H2,1-6H3,(H-,83,85,87,88)/p+1/b13-10-,22-19-,23-20-,30-28-,31-29-,36-34-,37-35-,42-40-,73-70+. The zero-order valence-electron chi connectivity index (χ0n) is 61.0. The molecule has 0 aromatic rings. The summed E-state index contributed by atoms with van der Waals surface area (Å²) in [7, 11) is 1.49. The number of likely N-dealkylation sites (N-methyl/N-ethyl adjacent to an activating group) is 1. The molecular formula is C82H148N2O7P+. The number of esters is 1. The first-order valence-corrected chi connectivity index (χ1v) is 40.2. The van der Waals surface area contributed by atoms with Crippen LogP contribution in [0.15, 0.2) is 109 Å². The normalized spacial score (nSPS) is 14.0. The second-order valence-corrected chi connectivity index (χ2v) is 28.6. The molecule has 0 saturated carbocycles. The van der Waals surface area contributed by atoms with Crippen molar-refractivity contribution in [3.8, 4) is 0 Å². The Morgan fingerprint density at radius 3 is 1.07 bits per heavy atom. The molecule has 92 heavy (non-hydrogen) atoms. The Morgan fingerprint density at radius 1 is 0.391 bits per heavy atom. The Morgan fingerprint density at radius 2 is 0.696 bits per heavy atom. The molecule has 0 spiro atoms. The zero-order valence-corrected chi connectivity index (χ0v) is 61.9. The second-order valence-electron chi connectivity index (χ2n) is 27.1. The van der Waals surface area contributed by atoms with Crippen LogP contribution in [0, 0.1) is 0 Å². The van der Waals surface area contributed by atoms with Crippen LogP contribution in [0.5, 0.6) is 0 Å². The Labute approximate surface area is 570 Å². The van der Waals surface area contributed by atoms with Crippen molar-refractivity contribution in [2.24, 2.45) is 0 Å². The highest BCUT2D eigenvalue weighted by molar-refractivity contribution is 7.47. The molecule has 532 valence electrons.